The minimum Gasteiger partial charge on any atom is -0.355 e. The van der Waals surface area contributed by atoms with Crippen molar-refractivity contribution in [2.75, 3.05) is 21.3 Å². The first-order chi connectivity index (χ1) is 26.2. The van der Waals surface area contributed by atoms with Gasteiger partial charge in [0, 0.05) is 45.5 Å². The third-order valence-electron chi connectivity index (χ3n) is 9.93. The summed E-state index contributed by atoms with van der Waals surface area (Å²) in [6, 6.07) is 73.0. The smallest absolute Gasteiger partial charge is 0.0716 e. The number of fused-ring (bicyclic) bond motifs is 3. The molecule has 8 aromatic carbocycles. The van der Waals surface area contributed by atoms with Crippen LogP contribution < -0.4 is 21.3 Å². The molecule has 0 unspecified atom stereocenters. The molecule has 1 aliphatic rings. The summed E-state index contributed by atoms with van der Waals surface area (Å²) in [4.78, 5) is 0. The number of hydrogen-bond donors (Lipinski definition) is 4. The summed E-state index contributed by atoms with van der Waals surface area (Å²) in [5, 5.41) is 14.9. The molecule has 0 heterocycles. The van der Waals surface area contributed by atoms with E-state index < -0.39 is 5.41 Å². The summed E-state index contributed by atoms with van der Waals surface area (Å²) < 4.78 is 0. The molecule has 8 aromatic rings. The quantitative estimate of drug-likeness (QED) is 0.116. The third-order valence-corrected chi connectivity index (χ3v) is 9.93. The number of benzene rings is 8. The van der Waals surface area contributed by atoms with Gasteiger partial charge in [-0.25, -0.2) is 0 Å². The van der Waals surface area contributed by atoms with Gasteiger partial charge in [0.25, 0.3) is 0 Å². The molecule has 0 saturated heterocycles. The van der Waals surface area contributed by atoms with Gasteiger partial charge in [0.05, 0.1) is 5.41 Å². The summed E-state index contributed by atoms with van der Waals surface area (Å²) in [6.45, 7) is 0. The molecular weight excluding hydrogens is 645 g/mol. The molecule has 254 valence electrons. The molecule has 0 spiro atoms. The molecule has 0 atom stereocenters. The lowest BCUT2D eigenvalue weighted by Gasteiger charge is -2.35. The van der Waals surface area contributed by atoms with E-state index in [9.17, 15) is 0 Å². The third kappa shape index (κ3) is 6.28. The number of anilines is 8. The maximum atomic E-state index is 3.73. The van der Waals surface area contributed by atoms with Crippen LogP contribution >= 0.6 is 0 Å². The Morgan fingerprint density at radius 2 is 0.509 bits per heavy atom. The van der Waals surface area contributed by atoms with Crippen LogP contribution in [0.15, 0.2) is 206 Å². The van der Waals surface area contributed by atoms with Gasteiger partial charge in [0.15, 0.2) is 0 Å². The molecular formula is C49H38N4. The first-order valence-corrected chi connectivity index (χ1v) is 18.0. The molecule has 9 rings (SSSR count). The molecule has 0 aliphatic heterocycles. The second-order valence-electron chi connectivity index (χ2n) is 13.4. The van der Waals surface area contributed by atoms with Gasteiger partial charge in [-0.05, 0) is 118 Å². The van der Waals surface area contributed by atoms with Gasteiger partial charge in [0.1, 0.15) is 0 Å². The van der Waals surface area contributed by atoms with Crippen molar-refractivity contribution >= 4 is 45.5 Å². The van der Waals surface area contributed by atoms with E-state index in [0.717, 1.165) is 56.6 Å². The number of rotatable bonds is 10. The van der Waals surface area contributed by atoms with E-state index in [1.165, 1.54) is 22.3 Å². The average Bonchev–Trinajstić information content (AvgIpc) is 3.51. The molecule has 0 saturated carbocycles. The van der Waals surface area contributed by atoms with Crippen LogP contribution in [0.4, 0.5) is 45.5 Å². The first-order valence-electron chi connectivity index (χ1n) is 18.0. The molecule has 4 heteroatoms. The van der Waals surface area contributed by atoms with Crippen molar-refractivity contribution in [3.63, 3.8) is 0 Å². The van der Waals surface area contributed by atoms with Crippen LogP contribution in [0.1, 0.15) is 22.3 Å². The van der Waals surface area contributed by atoms with E-state index in [1.54, 1.807) is 0 Å². The Morgan fingerprint density at radius 3 is 0.811 bits per heavy atom. The van der Waals surface area contributed by atoms with Crippen molar-refractivity contribution in [1.29, 1.82) is 0 Å². The van der Waals surface area contributed by atoms with Crippen LogP contribution in [-0.4, -0.2) is 0 Å². The fraction of sp³-hybridized carbons (Fsp3) is 0.0204. The number of hydrogen-bond acceptors (Lipinski definition) is 4. The van der Waals surface area contributed by atoms with Crippen molar-refractivity contribution < 1.29 is 0 Å². The zero-order valence-electron chi connectivity index (χ0n) is 29.1. The van der Waals surface area contributed by atoms with E-state index in [2.05, 4.69) is 203 Å². The first kappa shape index (κ1) is 31.9. The van der Waals surface area contributed by atoms with Gasteiger partial charge in [-0.1, -0.05) is 121 Å². The van der Waals surface area contributed by atoms with Crippen molar-refractivity contribution in [2.24, 2.45) is 0 Å². The fourth-order valence-corrected chi connectivity index (χ4v) is 7.75. The highest BCUT2D eigenvalue weighted by atomic mass is 14.9. The Kier molecular flexibility index (Phi) is 8.39. The predicted molar refractivity (Wildman–Crippen MR) is 223 cm³/mol. The van der Waals surface area contributed by atoms with Gasteiger partial charge in [-0.3, -0.25) is 0 Å². The highest BCUT2D eigenvalue weighted by molar-refractivity contribution is 5.88. The molecule has 53 heavy (non-hydrogen) atoms. The van der Waals surface area contributed by atoms with Crippen LogP contribution in [0.5, 0.6) is 0 Å². The summed E-state index contributed by atoms with van der Waals surface area (Å²) in [6.07, 6.45) is 0. The summed E-state index contributed by atoms with van der Waals surface area (Å²) in [5.74, 6) is 0. The zero-order valence-corrected chi connectivity index (χ0v) is 29.1. The molecule has 1 aliphatic carbocycles. The van der Waals surface area contributed by atoms with Crippen LogP contribution in [0.2, 0.25) is 0 Å². The molecule has 0 fully saturated rings. The van der Waals surface area contributed by atoms with Crippen LogP contribution in [0.25, 0.3) is 11.1 Å². The van der Waals surface area contributed by atoms with Crippen LogP contribution in [-0.2, 0) is 5.41 Å². The number of nitrogens with one attached hydrogen (secondary N) is 4. The molecule has 4 N–H and O–H groups in total. The van der Waals surface area contributed by atoms with Crippen LogP contribution in [0.3, 0.4) is 0 Å². The highest BCUT2D eigenvalue weighted by Crippen LogP contribution is 2.57. The van der Waals surface area contributed by atoms with E-state index in [0.29, 0.717) is 0 Å². The van der Waals surface area contributed by atoms with Crippen LogP contribution in [0, 0.1) is 0 Å². The Bertz CT molecular complexity index is 2200. The highest BCUT2D eigenvalue weighted by Gasteiger charge is 2.46. The lowest BCUT2D eigenvalue weighted by atomic mass is 9.67. The van der Waals surface area contributed by atoms with Crippen molar-refractivity contribution in [1.82, 2.24) is 0 Å². The maximum Gasteiger partial charge on any atom is 0.0716 e. The van der Waals surface area contributed by atoms with E-state index in [1.807, 2.05) is 24.3 Å². The van der Waals surface area contributed by atoms with Gasteiger partial charge in [0.2, 0.25) is 0 Å². The monoisotopic (exact) mass is 682 g/mol. The Morgan fingerprint density at radius 1 is 0.245 bits per heavy atom. The molecule has 0 amide bonds. The molecule has 4 nitrogen and oxygen atoms in total. The van der Waals surface area contributed by atoms with Crippen molar-refractivity contribution in [3.8, 4) is 11.1 Å². The van der Waals surface area contributed by atoms with E-state index in [-0.39, 0.29) is 0 Å². The van der Waals surface area contributed by atoms with Gasteiger partial charge < -0.3 is 21.3 Å². The zero-order chi connectivity index (χ0) is 35.5. The lowest BCUT2D eigenvalue weighted by Crippen LogP contribution is -2.29. The Balaban J connectivity index is 1.32. The minimum atomic E-state index is -0.670. The second-order valence-corrected chi connectivity index (χ2v) is 13.4. The normalized spacial score (nSPS) is 12.3. The maximum absolute atomic E-state index is 3.73. The summed E-state index contributed by atoms with van der Waals surface area (Å²) >= 11 is 0. The van der Waals surface area contributed by atoms with E-state index in [4.69, 9.17) is 0 Å². The average molecular weight is 683 g/mol. The van der Waals surface area contributed by atoms with Gasteiger partial charge in [-0.15, -0.1) is 0 Å². The summed E-state index contributed by atoms with van der Waals surface area (Å²) in [5.41, 5.74) is 14.7. The standard InChI is InChI=1S/C49H38N4/c1-5-17-37(18-6-1)50-41-29-35(30-42(33-41)51-38-19-7-2-8-20-38)49(47-27-15-13-25-45(47)46-26-14-16-28-48(46)49)36-31-43(52-39-21-9-3-10-22-39)34-44(32-36)53-40-23-11-4-12-24-40/h1-34,50-53H. The fourth-order valence-electron chi connectivity index (χ4n) is 7.75. The molecule has 0 bridgehead atoms. The second kappa shape index (κ2) is 13.9. The minimum absolute atomic E-state index is 0.670. The lowest BCUT2D eigenvalue weighted by molar-refractivity contribution is 0.770. The Hall–Kier alpha value is -7.04. The van der Waals surface area contributed by atoms with Gasteiger partial charge in [-0.2, -0.15) is 0 Å². The molecule has 0 radical (unpaired) electrons. The van der Waals surface area contributed by atoms with Crippen molar-refractivity contribution in [3.05, 3.63) is 229 Å². The SMILES string of the molecule is c1ccc(Nc2cc(Nc3ccccc3)cc(C3(c4cc(Nc5ccccc5)cc(Nc5ccccc5)c4)c4ccccc4-c4ccccc43)c2)cc1. The predicted octanol–water partition coefficient (Wildman–Crippen LogP) is 13.0. The topological polar surface area (TPSA) is 48.1 Å². The van der Waals surface area contributed by atoms with E-state index >= 15 is 0 Å². The molecule has 0 aromatic heterocycles. The summed E-state index contributed by atoms with van der Waals surface area (Å²) in [7, 11) is 0. The largest absolute Gasteiger partial charge is 0.355 e. The van der Waals surface area contributed by atoms with Crippen molar-refractivity contribution in [2.45, 2.75) is 5.41 Å². The number of para-hydroxylation sites is 4. The van der Waals surface area contributed by atoms with Gasteiger partial charge >= 0.3 is 0 Å². The Labute approximate surface area is 310 Å².